The molecule has 11 heteroatoms. The fourth-order valence-electron chi connectivity index (χ4n) is 4.13. The van der Waals surface area contributed by atoms with Crippen molar-refractivity contribution in [1.29, 1.82) is 0 Å². The van der Waals surface area contributed by atoms with Crippen molar-refractivity contribution in [3.05, 3.63) is 57.1 Å². The number of nitrogens with zero attached hydrogens (tertiary/aromatic N) is 3. The van der Waals surface area contributed by atoms with Crippen LogP contribution in [0.25, 0.3) is 16.8 Å². The molecule has 3 aromatic rings. The Labute approximate surface area is 198 Å². The van der Waals surface area contributed by atoms with Gasteiger partial charge in [-0.2, -0.15) is 18.3 Å². The van der Waals surface area contributed by atoms with Crippen LogP contribution in [0.2, 0.25) is 5.02 Å². The summed E-state index contributed by atoms with van der Waals surface area (Å²) in [6, 6.07) is 7.15. The molecule has 1 saturated heterocycles. The van der Waals surface area contributed by atoms with Gasteiger partial charge in [-0.3, -0.25) is 4.79 Å². The summed E-state index contributed by atoms with van der Waals surface area (Å²) in [5.74, 6) is -0.262. The third-order valence-corrected chi connectivity index (χ3v) is 5.87. The molecule has 2 aromatic heterocycles. The number of ether oxygens (including phenoxy) is 1. The van der Waals surface area contributed by atoms with E-state index >= 15 is 0 Å². The van der Waals surface area contributed by atoms with E-state index < -0.39 is 29.1 Å². The fourth-order valence-corrected chi connectivity index (χ4v) is 4.26. The number of halogens is 4. The average molecular weight is 497 g/mol. The smallest absolute Gasteiger partial charge is 0.435 e. The number of amides is 1. The highest BCUT2D eigenvalue weighted by Crippen LogP contribution is 2.39. The number of carbonyl (C=O) groups is 1. The Kier molecular flexibility index (Phi) is 6.14. The maximum Gasteiger partial charge on any atom is 0.435 e. The van der Waals surface area contributed by atoms with E-state index in [1.807, 2.05) is 0 Å². The lowest BCUT2D eigenvalue weighted by molar-refractivity contribution is -0.140. The maximum atomic E-state index is 13.9. The highest BCUT2D eigenvalue weighted by molar-refractivity contribution is 6.30. The summed E-state index contributed by atoms with van der Waals surface area (Å²) < 4.78 is 48.4. The summed E-state index contributed by atoms with van der Waals surface area (Å²) in [5, 5.41) is 4.26. The van der Waals surface area contributed by atoms with Gasteiger partial charge in [-0.05, 0) is 51.3 Å². The molecular weight excluding hydrogens is 473 g/mol. The Morgan fingerprint density at radius 1 is 1.15 bits per heavy atom. The zero-order chi connectivity index (χ0) is 24.8. The third kappa shape index (κ3) is 4.91. The Morgan fingerprint density at radius 2 is 1.76 bits per heavy atom. The minimum atomic E-state index is -4.74. The Balaban J connectivity index is 1.74. The number of nitrogens with one attached hydrogen (secondary N) is 1. The lowest BCUT2D eigenvalue weighted by Gasteiger charge is -2.33. The van der Waals surface area contributed by atoms with Crippen molar-refractivity contribution in [2.24, 2.45) is 0 Å². The van der Waals surface area contributed by atoms with Gasteiger partial charge in [0, 0.05) is 30.1 Å². The number of aromatic nitrogens is 3. The van der Waals surface area contributed by atoms with Crippen LogP contribution < -0.4 is 5.56 Å². The van der Waals surface area contributed by atoms with Crippen molar-refractivity contribution in [3.63, 3.8) is 0 Å². The number of piperidine rings is 1. The van der Waals surface area contributed by atoms with Gasteiger partial charge in [0.25, 0.3) is 5.56 Å². The summed E-state index contributed by atoms with van der Waals surface area (Å²) in [7, 11) is 0. The van der Waals surface area contributed by atoms with Gasteiger partial charge in [0.15, 0.2) is 5.69 Å². The number of fused-ring (bicyclic) bond motifs is 1. The number of aromatic amines is 1. The van der Waals surface area contributed by atoms with Crippen LogP contribution in [0, 0.1) is 0 Å². The van der Waals surface area contributed by atoms with Crippen LogP contribution in [0.4, 0.5) is 18.0 Å². The van der Waals surface area contributed by atoms with Crippen molar-refractivity contribution in [1.82, 2.24) is 19.5 Å². The first-order chi connectivity index (χ1) is 15.8. The van der Waals surface area contributed by atoms with E-state index in [0.29, 0.717) is 36.6 Å². The Bertz CT molecular complexity index is 1270. The van der Waals surface area contributed by atoms with Crippen molar-refractivity contribution in [3.8, 4) is 11.1 Å². The van der Waals surface area contributed by atoms with E-state index in [1.54, 1.807) is 25.7 Å². The molecule has 4 rings (SSSR count). The lowest BCUT2D eigenvalue weighted by Crippen LogP contribution is -2.41. The molecule has 1 fully saturated rings. The number of likely N-dealkylation sites (tertiary alicyclic amines) is 1. The highest BCUT2D eigenvalue weighted by atomic mass is 35.5. The molecule has 3 heterocycles. The van der Waals surface area contributed by atoms with Gasteiger partial charge in [0.2, 0.25) is 0 Å². The lowest BCUT2D eigenvalue weighted by atomic mass is 9.93. The summed E-state index contributed by atoms with van der Waals surface area (Å²) >= 11 is 5.90. The number of alkyl halides is 3. The molecule has 34 heavy (non-hydrogen) atoms. The van der Waals surface area contributed by atoms with Crippen LogP contribution >= 0.6 is 11.6 Å². The third-order valence-electron chi connectivity index (χ3n) is 5.62. The van der Waals surface area contributed by atoms with Crippen molar-refractivity contribution >= 4 is 23.3 Å². The first kappa shape index (κ1) is 24.1. The van der Waals surface area contributed by atoms with Gasteiger partial charge in [0.05, 0.1) is 11.3 Å². The number of hydrogen-bond donors (Lipinski definition) is 1. The van der Waals surface area contributed by atoms with Gasteiger partial charge in [0.1, 0.15) is 11.2 Å². The molecule has 1 N–H and O–H groups in total. The molecule has 0 saturated carbocycles. The molecule has 0 spiro atoms. The molecule has 1 aliphatic heterocycles. The minimum absolute atomic E-state index is 0.0354. The Morgan fingerprint density at radius 3 is 2.32 bits per heavy atom. The number of rotatable bonds is 2. The normalized spacial score (nSPS) is 15.7. The molecule has 1 aromatic carbocycles. The van der Waals surface area contributed by atoms with Crippen LogP contribution in [0.15, 0.2) is 35.1 Å². The highest BCUT2D eigenvalue weighted by Gasteiger charge is 2.40. The van der Waals surface area contributed by atoms with E-state index in [2.05, 4.69) is 10.1 Å². The van der Waals surface area contributed by atoms with E-state index in [1.165, 1.54) is 34.8 Å². The topological polar surface area (TPSA) is 79.7 Å². The van der Waals surface area contributed by atoms with Crippen LogP contribution in [-0.4, -0.2) is 44.3 Å². The number of carbonyl (C=O) groups excluding carboxylic acids is 1. The van der Waals surface area contributed by atoms with Crippen LogP contribution in [0.3, 0.4) is 0 Å². The van der Waals surface area contributed by atoms with E-state index in [-0.39, 0.29) is 22.7 Å². The second-order valence-electron chi connectivity index (χ2n) is 9.29. The molecule has 0 bridgehead atoms. The summed E-state index contributed by atoms with van der Waals surface area (Å²) in [4.78, 5) is 28.9. The van der Waals surface area contributed by atoms with E-state index in [0.717, 1.165) is 0 Å². The van der Waals surface area contributed by atoms with Crippen molar-refractivity contribution in [2.75, 3.05) is 13.1 Å². The van der Waals surface area contributed by atoms with Crippen LogP contribution in [0.5, 0.6) is 0 Å². The van der Waals surface area contributed by atoms with E-state index in [4.69, 9.17) is 16.3 Å². The average Bonchev–Trinajstić information content (AvgIpc) is 3.12. The Hall–Kier alpha value is -3.01. The summed E-state index contributed by atoms with van der Waals surface area (Å²) in [6.45, 7) is 6.03. The molecule has 0 unspecified atom stereocenters. The first-order valence-electron chi connectivity index (χ1n) is 10.8. The summed E-state index contributed by atoms with van der Waals surface area (Å²) in [5.41, 5.74) is -1.90. The largest absolute Gasteiger partial charge is 0.444 e. The van der Waals surface area contributed by atoms with Crippen LogP contribution in [-0.2, 0) is 10.9 Å². The van der Waals surface area contributed by atoms with Crippen molar-refractivity contribution < 1.29 is 22.7 Å². The molecule has 7 nitrogen and oxygen atoms in total. The molecule has 1 amide bonds. The number of hydrogen-bond acceptors (Lipinski definition) is 4. The summed E-state index contributed by atoms with van der Waals surface area (Å²) in [6.07, 6.45) is -4.27. The van der Waals surface area contributed by atoms with Gasteiger partial charge in [-0.15, -0.1) is 0 Å². The molecule has 0 atom stereocenters. The molecular formula is C23H24ClF3N4O3. The standard InChI is InChI=1S/C23H24ClF3N4O3/c1-22(2,3)34-21(33)30-10-8-13(9-11-30)16-12-17(32)28-20-18(14-4-6-15(24)7-5-14)19(23(25,26)27)29-31(16)20/h4-7,12-13H,8-11H2,1-3H3,(H,28,32). The second-order valence-corrected chi connectivity index (χ2v) is 9.73. The zero-order valence-corrected chi connectivity index (χ0v) is 19.6. The van der Waals surface area contributed by atoms with Crippen molar-refractivity contribution in [2.45, 2.75) is 51.3 Å². The second kappa shape index (κ2) is 8.65. The van der Waals surface area contributed by atoms with Gasteiger partial charge >= 0.3 is 12.3 Å². The predicted molar refractivity (Wildman–Crippen MR) is 121 cm³/mol. The van der Waals surface area contributed by atoms with Gasteiger partial charge in [-0.25, -0.2) is 9.31 Å². The minimum Gasteiger partial charge on any atom is -0.444 e. The fraction of sp³-hybridized carbons (Fsp3) is 0.435. The molecule has 0 aliphatic carbocycles. The molecule has 0 radical (unpaired) electrons. The number of benzene rings is 1. The SMILES string of the molecule is CC(C)(C)OC(=O)N1CCC(c2cc(=O)[nH]c3c(-c4ccc(Cl)cc4)c(C(F)(F)F)nn23)CC1. The first-order valence-corrected chi connectivity index (χ1v) is 11.2. The van der Waals surface area contributed by atoms with Gasteiger partial charge < -0.3 is 14.6 Å². The molecule has 182 valence electrons. The van der Waals surface area contributed by atoms with Crippen LogP contribution in [0.1, 0.15) is 50.9 Å². The quantitative estimate of drug-likeness (QED) is 0.509. The predicted octanol–water partition coefficient (Wildman–Crippen LogP) is 5.48. The maximum absolute atomic E-state index is 13.9. The number of H-pyrrole nitrogens is 1. The molecule has 1 aliphatic rings. The van der Waals surface area contributed by atoms with Gasteiger partial charge in [-0.1, -0.05) is 23.7 Å². The van der Waals surface area contributed by atoms with E-state index in [9.17, 15) is 22.8 Å². The monoisotopic (exact) mass is 496 g/mol. The zero-order valence-electron chi connectivity index (χ0n) is 18.9.